The second-order valence-corrected chi connectivity index (χ2v) is 9.69. The lowest BCUT2D eigenvalue weighted by molar-refractivity contribution is -0.275. The van der Waals surface area contributed by atoms with Crippen LogP contribution in [0.4, 0.5) is 17.6 Å². The third-order valence-corrected chi connectivity index (χ3v) is 7.18. The average molecular weight is 528 g/mol. The zero-order valence-corrected chi connectivity index (χ0v) is 20.1. The number of hydrogen-bond donors (Lipinski definition) is 1. The Hall–Kier alpha value is -2.83. The van der Waals surface area contributed by atoms with Gasteiger partial charge in [0.05, 0.1) is 27.2 Å². The van der Waals surface area contributed by atoms with Crippen LogP contribution in [0.2, 0.25) is 10.0 Å². The van der Waals surface area contributed by atoms with E-state index in [0.29, 0.717) is 29.5 Å². The second-order valence-electron chi connectivity index (χ2n) is 8.88. The lowest BCUT2D eigenvalue weighted by Crippen LogP contribution is -2.42. The van der Waals surface area contributed by atoms with E-state index in [1.54, 1.807) is 13.8 Å². The van der Waals surface area contributed by atoms with Crippen LogP contribution >= 0.6 is 23.2 Å². The lowest BCUT2D eigenvalue weighted by atomic mass is 9.86. The molecule has 0 spiro atoms. The molecule has 184 valence electrons. The zero-order chi connectivity index (χ0) is 25.8. The standard InChI is InChI=1S/C24H19Cl2F4N3O2/c1-12-7-14(3-4-16(12)21(34)32-13(2)22(11-31)5-6-22)19-10-23(35-33-19,24(28,29)30)15-8-17(25)20(27)18(26)9-15/h3-4,7-9,13H,5-6,10H2,1-2H3,(H,32,34)/t13?,23-/m0/s1. The van der Waals surface area contributed by atoms with Gasteiger partial charge in [-0.2, -0.15) is 18.4 Å². The number of oxime groups is 1. The molecule has 1 unspecified atom stereocenters. The maximum Gasteiger partial charge on any atom is 0.435 e. The maximum atomic E-state index is 14.2. The van der Waals surface area contributed by atoms with Crippen molar-refractivity contribution in [2.24, 2.45) is 10.6 Å². The van der Waals surface area contributed by atoms with Gasteiger partial charge in [0, 0.05) is 23.6 Å². The smallest absolute Gasteiger partial charge is 0.374 e. The van der Waals surface area contributed by atoms with Crippen LogP contribution in [0.3, 0.4) is 0 Å². The van der Waals surface area contributed by atoms with E-state index in [-0.39, 0.29) is 17.7 Å². The Balaban J connectivity index is 1.59. The fourth-order valence-electron chi connectivity index (χ4n) is 4.13. The van der Waals surface area contributed by atoms with E-state index in [4.69, 9.17) is 28.0 Å². The molecule has 0 aromatic heterocycles. The number of nitrogens with zero attached hydrogens (tertiary/aromatic N) is 2. The van der Waals surface area contributed by atoms with Crippen LogP contribution in [0, 0.1) is 29.5 Å². The Morgan fingerprint density at radius 2 is 1.86 bits per heavy atom. The van der Waals surface area contributed by atoms with Gasteiger partial charge in [-0.15, -0.1) is 0 Å². The molecule has 1 amide bonds. The van der Waals surface area contributed by atoms with Crippen LogP contribution in [0.5, 0.6) is 0 Å². The number of halogens is 6. The van der Waals surface area contributed by atoms with E-state index < -0.39 is 45.0 Å². The van der Waals surface area contributed by atoms with Crippen LogP contribution in [-0.2, 0) is 10.4 Å². The molecule has 2 aromatic carbocycles. The highest BCUT2D eigenvalue weighted by molar-refractivity contribution is 6.35. The van der Waals surface area contributed by atoms with Crippen molar-refractivity contribution in [3.05, 3.63) is 68.4 Å². The molecule has 1 heterocycles. The van der Waals surface area contributed by atoms with Crippen molar-refractivity contribution in [2.45, 2.75) is 50.9 Å². The van der Waals surface area contributed by atoms with E-state index in [1.807, 2.05) is 0 Å². The summed E-state index contributed by atoms with van der Waals surface area (Å²) in [6, 6.07) is 8.04. The highest BCUT2D eigenvalue weighted by atomic mass is 35.5. The van der Waals surface area contributed by atoms with Gasteiger partial charge in [-0.05, 0) is 62.1 Å². The lowest BCUT2D eigenvalue weighted by Gasteiger charge is -2.29. The highest BCUT2D eigenvalue weighted by Crippen LogP contribution is 2.50. The van der Waals surface area contributed by atoms with Crippen molar-refractivity contribution < 1.29 is 27.2 Å². The summed E-state index contributed by atoms with van der Waals surface area (Å²) in [7, 11) is 0. The summed E-state index contributed by atoms with van der Waals surface area (Å²) in [6.45, 7) is 3.42. The molecule has 4 rings (SSSR count). The highest BCUT2D eigenvalue weighted by Gasteiger charge is 2.62. The third-order valence-electron chi connectivity index (χ3n) is 6.63. The van der Waals surface area contributed by atoms with Gasteiger partial charge in [-0.3, -0.25) is 4.79 Å². The van der Waals surface area contributed by atoms with Crippen molar-refractivity contribution in [1.82, 2.24) is 5.32 Å². The van der Waals surface area contributed by atoms with Crippen LogP contribution in [0.15, 0.2) is 35.5 Å². The minimum Gasteiger partial charge on any atom is -0.374 e. The first-order valence-corrected chi connectivity index (χ1v) is 11.4. The summed E-state index contributed by atoms with van der Waals surface area (Å²) >= 11 is 11.5. The van der Waals surface area contributed by atoms with Gasteiger partial charge in [0.25, 0.3) is 11.5 Å². The maximum absolute atomic E-state index is 14.2. The van der Waals surface area contributed by atoms with Crippen molar-refractivity contribution in [2.75, 3.05) is 0 Å². The van der Waals surface area contributed by atoms with Gasteiger partial charge >= 0.3 is 6.18 Å². The molecule has 0 bridgehead atoms. The molecule has 2 aliphatic rings. The van der Waals surface area contributed by atoms with Gasteiger partial charge in [-0.25, -0.2) is 4.39 Å². The molecule has 35 heavy (non-hydrogen) atoms. The molecular formula is C24H19Cl2F4N3O2. The fourth-order valence-corrected chi connectivity index (χ4v) is 4.62. The van der Waals surface area contributed by atoms with Crippen molar-refractivity contribution in [3.8, 4) is 6.07 Å². The van der Waals surface area contributed by atoms with Gasteiger partial charge in [-0.1, -0.05) is 34.4 Å². The van der Waals surface area contributed by atoms with Gasteiger partial charge in [0.15, 0.2) is 5.82 Å². The minimum atomic E-state index is -4.92. The van der Waals surface area contributed by atoms with Crippen molar-refractivity contribution in [3.63, 3.8) is 0 Å². The molecule has 1 N–H and O–H groups in total. The predicted octanol–water partition coefficient (Wildman–Crippen LogP) is 6.45. The van der Waals surface area contributed by atoms with Crippen LogP contribution < -0.4 is 5.32 Å². The average Bonchev–Trinajstić information content (AvgIpc) is 3.46. The first-order valence-electron chi connectivity index (χ1n) is 10.6. The number of benzene rings is 2. The Bertz CT molecular complexity index is 1260. The molecule has 11 heteroatoms. The fraction of sp³-hybridized carbons (Fsp3) is 0.375. The summed E-state index contributed by atoms with van der Waals surface area (Å²) in [5.41, 5.74) is -2.78. The summed E-state index contributed by atoms with van der Waals surface area (Å²) in [5.74, 6) is -1.41. The number of hydrogen-bond acceptors (Lipinski definition) is 4. The number of aryl methyl sites for hydroxylation is 1. The number of amides is 1. The largest absolute Gasteiger partial charge is 0.435 e. The van der Waals surface area contributed by atoms with Gasteiger partial charge in [0.1, 0.15) is 0 Å². The first kappa shape index (κ1) is 25.3. The summed E-state index contributed by atoms with van der Waals surface area (Å²) in [4.78, 5) is 17.7. The molecule has 1 aliphatic heterocycles. The first-order chi connectivity index (χ1) is 16.3. The van der Waals surface area contributed by atoms with E-state index in [1.165, 1.54) is 18.2 Å². The molecular weight excluding hydrogens is 509 g/mol. The summed E-state index contributed by atoms with van der Waals surface area (Å²) in [6.07, 6.45) is -4.20. The van der Waals surface area contributed by atoms with Crippen LogP contribution in [-0.4, -0.2) is 23.8 Å². The van der Waals surface area contributed by atoms with E-state index in [0.717, 1.165) is 12.1 Å². The Labute approximate surface area is 208 Å². The molecule has 1 saturated carbocycles. The Kier molecular flexibility index (Phi) is 6.27. The number of alkyl halides is 3. The molecule has 5 nitrogen and oxygen atoms in total. The normalized spacial score (nSPS) is 21.5. The molecule has 1 aliphatic carbocycles. The molecule has 2 atom stereocenters. The number of nitriles is 1. The van der Waals surface area contributed by atoms with Crippen molar-refractivity contribution in [1.29, 1.82) is 5.26 Å². The van der Waals surface area contributed by atoms with Crippen LogP contribution in [0.1, 0.15) is 53.2 Å². The second kappa shape index (κ2) is 8.68. The summed E-state index contributed by atoms with van der Waals surface area (Å²) in [5, 5.41) is 14.7. The summed E-state index contributed by atoms with van der Waals surface area (Å²) < 4.78 is 56.4. The zero-order valence-electron chi connectivity index (χ0n) is 18.6. The van der Waals surface area contributed by atoms with Crippen LogP contribution in [0.25, 0.3) is 0 Å². The molecule has 1 fully saturated rings. The number of nitrogens with one attached hydrogen (secondary N) is 1. The Morgan fingerprint density at radius 3 is 2.37 bits per heavy atom. The van der Waals surface area contributed by atoms with E-state index in [2.05, 4.69) is 16.5 Å². The SMILES string of the molecule is Cc1cc(C2=NO[C@@](c3cc(Cl)c(F)c(Cl)c3)(C(F)(F)F)C2)ccc1C(=O)NC(C)C1(C#N)CC1. The number of carbonyl (C=O) groups is 1. The topological polar surface area (TPSA) is 74.5 Å². The van der Waals surface area contributed by atoms with Crippen molar-refractivity contribution >= 4 is 34.8 Å². The number of carbonyl (C=O) groups excluding carboxylic acids is 1. The molecule has 0 saturated heterocycles. The predicted molar refractivity (Wildman–Crippen MR) is 122 cm³/mol. The quantitative estimate of drug-likeness (QED) is 0.358. The van der Waals surface area contributed by atoms with Gasteiger partial charge in [0.2, 0.25) is 0 Å². The molecule has 2 aromatic rings. The van der Waals surface area contributed by atoms with E-state index >= 15 is 0 Å². The minimum absolute atomic E-state index is 0.0104. The van der Waals surface area contributed by atoms with E-state index in [9.17, 15) is 27.6 Å². The van der Waals surface area contributed by atoms with Gasteiger partial charge < -0.3 is 10.2 Å². The monoisotopic (exact) mass is 527 g/mol. The third kappa shape index (κ3) is 4.34. The number of rotatable bonds is 5. The molecule has 0 radical (unpaired) electrons. The Morgan fingerprint density at radius 1 is 1.23 bits per heavy atom.